The van der Waals surface area contributed by atoms with Crippen LogP contribution < -0.4 is 4.74 Å². The van der Waals surface area contributed by atoms with Crippen molar-refractivity contribution in [2.45, 2.75) is 26.2 Å². The molecule has 0 radical (unpaired) electrons. The number of benzene rings is 1. The molecule has 1 aliphatic heterocycles. The maximum atomic E-state index is 6.02. The summed E-state index contributed by atoms with van der Waals surface area (Å²) in [6.07, 6.45) is 0.996. The third-order valence-electron chi connectivity index (χ3n) is 2.40. The first-order valence-corrected chi connectivity index (χ1v) is 5.01. The molecular formula is C11H13ClO. The van der Waals surface area contributed by atoms with E-state index >= 15 is 0 Å². The molecule has 0 amide bonds. The van der Waals surface area contributed by atoms with Crippen LogP contribution in [0.15, 0.2) is 12.1 Å². The predicted molar refractivity (Wildman–Crippen MR) is 54.7 cm³/mol. The molecule has 1 aliphatic rings. The van der Waals surface area contributed by atoms with Gasteiger partial charge >= 0.3 is 0 Å². The van der Waals surface area contributed by atoms with Crippen LogP contribution in [0, 0.1) is 0 Å². The van der Waals surface area contributed by atoms with Crippen LogP contribution in [0.25, 0.3) is 0 Å². The topological polar surface area (TPSA) is 9.23 Å². The van der Waals surface area contributed by atoms with Crippen molar-refractivity contribution in [3.63, 3.8) is 0 Å². The summed E-state index contributed by atoms with van der Waals surface area (Å²) >= 11 is 6.02. The fraction of sp³-hybridized carbons (Fsp3) is 0.455. The molecule has 0 aromatic heterocycles. The van der Waals surface area contributed by atoms with Crippen molar-refractivity contribution in [2.24, 2.45) is 0 Å². The lowest BCUT2D eigenvalue weighted by Crippen LogP contribution is -1.93. The summed E-state index contributed by atoms with van der Waals surface area (Å²) in [5.74, 6) is 1.55. The first kappa shape index (κ1) is 8.89. The molecule has 0 N–H and O–H groups in total. The molecule has 1 aromatic rings. The third-order valence-corrected chi connectivity index (χ3v) is 2.62. The van der Waals surface area contributed by atoms with Crippen molar-refractivity contribution in [3.05, 3.63) is 28.3 Å². The number of ether oxygens (including phenoxy) is 1. The van der Waals surface area contributed by atoms with Crippen LogP contribution in [-0.4, -0.2) is 6.61 Å². The Labute approximate surface area is 83.7 Å². The van der Waals surface area contributed by atoms with E-state index in [4.69, 9.17) is 16.3 Å². The van der Waals surface area contributed by atoms with Crippen LogP contribution in [0.4, 0.5) is 0 Å². The van der Waals surface area contributed by atoms with E-state index in [-0.39, 0.29) is 0 Å². The monoisotopic (exact) mass is 196 g/mol. The number of hydrogen-bond acceptors (Lipinski definition) is 1. The SMILES string of the molecule is CC(C)c1cc(Cl)cc2c1OCC2. The highest BCUT2D eigenvalue weighted by atomic mass is 35.5. The molecular weight excluding hydrogens is 184 g/mol. The fourth-order valence-corrected chi connectivity index (χ4v) is 1.98. The van der Waals surface area contributed by atoms with Crippen molar-refractivity contribution in [1.82, 2.24) is 0 Å². The van der Waals surface area contributed by atoms with Crippen molar-refractivity contribution >= 4 is 11.6 Å². The number of rotatable bonds is 1. The first-order valence-electron chi connectivity index (χ1n) is 4.63. The predicted octanol–water partition coefficient (Wildman–Crippen LogP) is 3.40. The van der Waals surface area contributed by atoms with Gasteiger partial charge in [0, 0.05) is 11.4 Å². The zero-order valence-corrected chi connectivity index (χ0v) is 8.69. The Morgan fingerprint density at radius 2 is 2.15 bits per heavy atom. The summed E-state index contributed by atoms with van der Waals surface area (Å²) in [5.41, 5.74) is 2.50. The van der Waals surface area contributed by atoms with Crippen LogP contribution >= 0.6 is 11.6 Å². The summed E-state index contributed by atoms with van der Waals surface area (Å²) in [6, 6.07) is 4.02. The second-order valence-electron chi connectivity index (χ2n) is 3.74. The second kappa shape index (κ2) is 3.22. The molecule has 0 saturated carbocycles. The van der Waals surface area contributed by atoms with E-state index < -0.39 is 0 Å². The largest absolute Gasteiger partial charge is 0.493 e. The zero-order chi connectivity index (χ0) is 9.42. The normalized spacial score (nSPS) is 14.5. The van der Waals surface area contributed by atoms with E-state index in [0.29, 0.717) is 5.92 Å². The molecule has 2 heteroatoms. The highest BCUT2D eigenvalue weighted by Gasteiger charge is 2.18. The lowest BCUT2D eigenvalue weighted by atomic mass is 9.99. The fourth-order valence-electron chi connectivity index (χ4n) is 1.73. The summed E-state index contributed by atoms with van der Waals surface area (Å²) < 4.78 is 5.59. The average Bonchev–Trinajstić information content (AvgIpc) is 2.49. The van der Waals surface area contributed by atoms with Crippen molar-refractivity contribution in [1.29, 1.82) is 0 Å². The number of hydrogen-bond donors (Lipinski definition) is 0. The Balaban J connectivity index is 2.55. The lowest BCUT2D eigenvalue weighted by Gasteiger charge is -2.11. The van der Waals surface area contributed by atoms with Crippen LogP contribution in [-0.2, 0) is 6.42 Å². The maximum absolute atomic E-state index is 6.02. The van der Waals surface area contributed by atoms with E-state index in [1.54, 1.807) is 0 Å². The number of halogens is 1. The van der Waals surface area contributed by atoms with Gasteiger partial charge in [-0.2, -0.15) is 0 Å². The van der Waals surface area contributed by atoms with E-state index in [2.05, 4.69) is 13.8 Å². The van der Waals surface area contributed by atoms with Gasteiger partial charge in [0.2, 0.25) is 0 Å². The van der Waals surface area contributed by atoms with Gasteiger partial charge in [-0.3, -0.25) is 0 Å². The molecule has 0 fully saturated rings. The van der Waals surface area contributed by atoms with E-state index in [1.165, 1.54) is 11.1 Å². The molecule has 0 bridgehead atoms. The van der Waals surface area contributed by atoms with Gasteiger partial charge < -0.3 is 4.74 Å². The summed E-state index contributed by atoms with van der Waals surface area (Å²) in [6.45, 7) is 5.12. The minimum atomic E-state index is 0.477. The van der Waals surface area contributed by atoms with E-state index in [0.717, 1.165) is 23.8 Å². The number of fused-ring (bicyclic) bond motifs is 1. The van der Waals surface area contributed by atoms with Gasteiger partial charge in [0.15, 0.2) is 0 Å². The van der Waals surface area contributed by atoms with Crippen LogP contribution in [0.1, 0.15) is 30.9 Å². The molecule has 0 atom stereocenters. The van der Waals surface area contributed by atoms with Gasteiger partial charge in [0.1, 0.15) is 5.75 Å². The molecule has 13 heavy (non-hydrogen) atoms. The Kier molecular flexibility index (Phi) is 2.20. The molecule has 1 nitrogen and oxygen atoms in total. The highest BCUT2D eigenvalue weighted by molar-refractivity contribution is 6.30. The standard InChI is InChI=1S/C11H13ClO/c1-7(2)10-6-9(12)5-8-3-4-13-11(8)10/h5-7H,3-4H2,1-2H3. The molecule has 0 aliphatic carbocycles. The summed E-state index contributed by atoms with van der Waals surface area (Å²) in [7, 11) is 0. The smallest absolute Gasteiger partial charge is 0.126 e. The van der Waals surface area contributed by atoms with Gasteiger partial charge in [-0.25, -0.2) is 0 Å². The Morgan fingerprint density at radius 1 is 1.38 bits per heavy atom. The summed E-state index contributed by atoms with van der Waals surface area (Å²) in [4.78, 5) is 0. The average molecular weight is 197 g/mol. The van der Waals surface area contributed by atoms with E-state index in [1.807, 2.05) is 12.1 Å². The first-order chi connectivity index (χ1) is 6.18. The molecule has 0 saturated heterocycles. The van der Waals surface area contributed by atoms with Gasteiger partial charge in [0.05, 0.1) is 6.61 Å². The second-order valence-corrected chi connectivity index (χ2v) is 4.17. The minimum absolute atomic E-state index is 0.477. The van der Waals surface area contributed by atoms with Gasteiger partial charge in [-0.15, -0.1) is 0 Å². The van der Waals surface area contributed by atoms with E-state index in [9.17, 15) is 0 Å². The van der Waals surface area contributed by atoms with Crippen LogP contribution in [0.5, 0.6) is 5.75 Å². The van der Waals surface area contributed by atoms with Gasteiger partial charge in [0.25, 0.3) is 0 Å². The molecule has 70 valence electrons. The zero-order valence-electron chi connectivity index (χ0n) is 7.93. The molecule has 2 rings (SSSR count). The Bertz CT molecular complexity index is 331. The maximum Gasteiger partial charge on any atom is 0.126 e. The van der Waals surface area contributed by atoms with Crippen molar-refractivity contribution < 1.29 is 4.74 Å². The molecule has 0 unspecified atom stereocenters. The van der Waals surface area contributed by atoms with Crippen molar-refractivity contribution in [2.75, 3.05) is 6.61 Å². The quantitative estimate of drug-likeness (QED) is 0.669. The van der Waals surface area contributed by atoms with Crippen LogP contribution in [0.2, 0.25) is 5.02 Å². The minimum Gasteiger partial charge on any atom is -0.493 e. The van der Waals surface area contributed by atoms with Gasteiger partial charge in [-0.1, -0.05) is 25.4 Å². The van der Waals surface area contributed by atoms with Crippen LogP contribution in [0.3, 0.4) is 0 Å². The summed E-state index contributed by atoms with van der Waals surface area (Å²) in [5, 5.41) is 0.827. The molecule has 0 spiro atoms. The Hall–Kier alpha value is -0.690. The van der Waals surface area contributed by atoms with Crippen molar-refractivity contribution in [3.8, 4) is 5.75 Å². The van der Waals surface area contributed by atoms with Gasteiger partial charge in [-0.05, 0) is 29.2 Å². The third kappa shape index (κ3) is 1.53. The molecule has 1 heterocycles. The lowest BCUT2D eigenvalue weighted by molar-refractivity contribution is 0.352. The Morgan fingerprint density at radius 3 is 2.85 bits per heavy atom. The highest BCUT2D eigenvalue weighted by Crippen LogP contribution is 2.36. The molecule has 1 aromatic carbocycles.